The molecule has 3 N–H and O–H groups in total. The molecule has 0 unspecified atom stereocenters. The molecular formula is C12H9ClN4. The van der Waals surface area contributed by atoms with Gasteiger partial charge in [-0.05, 0) is 24.3 Å². The van der Waals surface area contributed by atoms with Crippen LogP contribution >= 0.6 is 11.6 Å². The molecule has 84 valence electrons. The molecular weight excluding hydrogens is 236 g/mol. The summed E-state index contributed by atoms with van der Waals surface area (Å²) in [7, 11) is 0. The Morgan fingerprint density at radius 1 is 1.29 bits per heavy atom. The molecule has 1 heterocycles. The van der Waals surface area contributed by atoms with Gasteiger partial charge in [0.05, 0.1) is 22.3 Å². The number of nitriles is 1. The minimum atomic E-state index is 0.430. The second-order valence-electron chi connectivity index (χ2n) is 3.40. The minimum absolute atomic E-state index is 0.430. The van der Waals surface area contributed by atoms with E-state index in [0.29, 0.717) is 16.4 Å². The molecule has 2 rings (SSSR count). The van der Waals surface area contributed by atoms with Crippen LogP contribution < -0.4 is 11.1 Å². The van der Waals surface area contributed by atoms with Crippen molar-refractivity contribution in [3.63, 3.8) is 0 Å². The van der Waals surface area contributed by atoms with Gasteiger partial charge in [0.2, 0.25) is 0 Å². The summed E-state index contributed by atoms with van der Waals surface area (Å²) in [6, 6.07) is 10.6. The summed E-state index contributed by atoms with van der Waals surface area (Å²) in [4.78, 5) is 3.89. The Morgan fingerprint density at radius 3 is 2.76 bits per heavy atom. The molecule has 0 spiro atoms. The molecule has 0 saturated heterocycles. The number of hydrogen-bond donors (Lipinski definition) is 2. The van der Waals surface area contributed by atoms with E-state index in [0.717, 1.165) is 11.4 Å². The van der Waals surface area contributed by atoms with Gasteiger partial charge in [0.1, 0.15) is 5.82 Å². The maximum absolute atomic E-state index is 8.73. The Kier molecular flexibility index (Phi) is 3.12. The molecule has 2 aromatic rings. The van der Waals surface area contributed by atoms with Gasteiger partial charge in [-0.15, -0.1) is 0 Å². The topological polar surface area (TPSA) is 74.7 Å². The fourth-order valence-electron chi connectivity index (χ4n) is 1.37. The molecule has 1 aromatic carbocycles. The van der Waals surface area contributed by atoms with E-state index in [9.17, 15) is 0 Å². The molecule has 0 bridgehead atoms. The van der Waals surface area contributed by atoms with Crippen molar-refractivity contribution >= 4 is 28.8 Å². The van der Waals surface area contributed by atoms with Crippen molar-refractivity contribution in [1.82, 2.24) is 4.98 Å². The van der Waals surface area contributed by atoms with E-state index in [-0.39, 0.29) is 0 Å². The monoisotopic (exact) mass is 244 g/mol. The van der Waals surface area contributed by atoms with Gasteiger partial charge in [-0.1, -0.05) is 11.6 Å². The number of halogens is 1. The Balaban J connectivity index is 2.28. The lowest BCUT2D eigenvalue weighted by atomic mass is 10.2. The average molecular weight is 245 g/mol. The van der Waals surface area contributed by atoms with Crippen LogP contribution in [0.5, 0.6) is 0 Å². The van der Waals surface area contributed by atoms with Gasteiger partial charge >= 0.3 is 0 Å². The maximum Gasteiger partial charge on any atom is 0.125 e. The van der Waals surface area contributed by atoms with Crippen molar-refractivity contribution < 1.29 is 0 Å². The molecule has 1 aromatic heterocycles. The van der Waals surface area contributed by atoms with Gasteiger partial charge < -0.3 is 11.1 Å². The number of rotatable bonds is 2. The summed E-state index contributed by atoms with van der Waals surface area (Å²) < 4.78 is 0. The largest absolute Gasteiger partial charge is 0.384 e. The Bertz CT molecular complexity index is 589. The SMILES string of the molecule is N#Cc1ccc(Nc2ccnc(N)c2)c(Cl)c1. The van der Waals surface area contributed by atoms with E-state index in [2.05, 4.69) is 10.3 Å². The van der Waals surface area contributed by atoms with Crippen molar-refractivity contribution in [2.45, 2.75) is 0 Å². The van der Waals surface area contributed by atoms with Gasteiger partial charge in [0, 0.05) is 18.0 Å². The highest BCUT2D eigenvalue weighted by Crippen LogP contribution is 2.26. The van der Waals surface area contributed by atoms with Crippen LogP contribution in [-0.4, -0.2) is 4.98 Å². The molecule has 0 radical (unpaired) electrons. The van der Waals surface area contributed by atoms with Crippen molar-refractivity contribution in [2.75, 3.05) is 11.1 Å². The summed E-state index contributed by atoms with van der Waals surface area (Å²) in [5.74, 6) is 0.430. The predicted octanol–water partition coefficient (Wildman–Crippen LogP) is 2.93. The van der Waals surface area contributed by atoms with Crippen LogP contribution in [0.2, 0.25) is 5.02 Å². The van der Waals surface area contributed by atoms with E-state index in [4.69, 9.17) is 22.6 Å². The molecule has 0 aliphatic carbocycles. The molecule has 0 amide bonds. The zero-order valence-electron chi connectivity index (χ0n) is 8.81. The number of nitrogen functional groups attached to an aromatic ring is 1. The van der Waals surface area contributed by atoms with E-state index >= 15 is 0 Å². The zero-order valence-corrected chi connectivity index (χ0v) is 9.57. The summed E-state index contributed by atoms with van der Waals surface area (Å²) in [6.07, 6.45) is 1.61. The third kappa shape index (κ3) is 2.65. The number of nitrogens with zero attached hydrogens (tertiary/aromatic N) is 2. The molecule has 0 aliphatic rings. The maximum atomic E-state index is 8.73. The first-order valence-corrected chi connectivity index (χ1v) is 5.25. The van der Waals surface area contributed by atoms with Gasteiger partial charge in [-0.25, -0.2) is 4.98 Å². The van der Waals surface area contributed by atoms with E-state index < -0.39 is 0 Å². The first-order chi connectivity index (χ1) is 8.19. The summed E-state index contributed by atoms with van der Waals surface area (Å²) in [5.41, 5.74) is 7.61. The highest BCUT2D eigenvalue weighted by atomic mass is 35.5. The average Bonchev–Trinajstić information content (AvgIpc) is 2.32. The number of nitrogens with one attached hydrogen (secondary N) is 1. The number of anilines is 3. The van der Waals surface area contributed by atoms with Crippen molar-refractivity contribution in [1.29, 1.82) is 5.26 Å². The van der Waals surface area contributed by atoms with Crippen LogP contribution in [0.15, 0.2) is 36.5 Å². The molecule has 5 heteroatoms. The Hall–Kier alpha value is -2.25. The highest BCUT2D eigenvalue weighted by Gasteiger charge is 2.02. The molecule has 0 aliphatic heterocycles. The minimum Gasteiger partial charge on any atom is -0.384 e. The number of benzene rings is 1. The quantitative estimate of drug-likeness (QED) is 0.852. The molecule has 0 saturated carbocycles. The molecule has 4 nitrogen and oxygen atoms in total. The van der Waals surface area contributed by atoms with Gasteiger partial charge in [-0.2, -0.15) is 5.26 Å². The van der Waals surface area contributed by atoms with Crippen molar-refractivity contribution in [3.05, 3.63) is 47.1 Å². The number of hydrogen-bond acceptors (Lipinski definition) is 4. The van der Waals surface area contributed by atoms with Crippen molar-refractivity contribution in [2.24, 2.45) is 0 Å². The van der Waals surface area contributed by atoms with Gasteiger partial charge in [0.25, 0.3) is 0 Å². The third-order valence-corrected chi connectivity index (χ3v) is 2.47. The van der Waals surface area contributed by atoms with Crippen LogP contribution in [0.3, 0.4) is 0 Å². The summed E-state index contributed by atoms with van der Waals surface area (Å²) in [5, 5.41) is 12.3. The number of nitrogens with two attached hydrogens (primary N) is 1. The Morgan fingerprint density at radius 2 is 2.12 bits per heavy atom. The van der Waals surface area contributed by atoms with Gasteiger partial charge in [0.15, 0.2) is 0 Å². The zero-order chi connectivity index (χ0) is 12.3. The predicted molar refractivity (Wildman–Crippen MR) is 68.1 cm³/mol. The van der Waals surface area contributed by atoms with E-state index in [1.54, 1.807) is 36.5 Å². The lowest BCUT2D eigenvalue weighted by Gasteiger charge is -2.08. The fraction of sp³-hybridized carbons (Fsp3) is 0. The van der Waals surface area contributed by atoms with E-state index in [1.807, 2.05) is 6.07 Å². The summed E-state index contributed by atoms with van der Waals surface area (Å²) >= 11 is 6.04. The normalized spacial score (nSPS) is 9.65. The Labute approximate surface area is 104 Å². The molecule has 17 heavy (non-hydrogen) atoms. The fourth-order valence-corrected chi connectivity index (χ4v) is 1.60. The lowest BCUT2D eigenvalue weighted by molar-refractivity contribution is 1.33. The standard InChI is InChI=1S/C12H9ClN4/c13-10-5-8(7-14)1-2-11(10)17-9-3-4-16-12(15)6-9/h1-6H,(H3,15,16,17). The van der Waals surface area contributed by atoms with Gasteiger partial charge in [-0.3, -0.25) is 0 Å². The van der Waals surface area contributed by atoms with E-state index in [1.165, 1.54) is 0 Å². The van der Waals surface area contributed by atoms with Crippen LogP contribution in [0, 0.1) is 11.3 Å². The second-order valence-corrected chi connectivity index (χ2v) is 3.81. The smallest absolute Gasteiger partial charge is 0.125 e. The second kappa shape index (κ2) is 4.73. The van der Waals surface area contributed by atoms with Crippen molar-refractivity contribution in [3.8, 4) is 6.07 Å². The first-order valence-electron chi connectivity index (χ1n) is 4.87. The van der Waals surface area contributed by atoms with Crippen LogP contribution in [0.1, 0.15) is 5.56 Å². The number of aromatic nitrogens is 1. The van der Waals surface area contributed by atoms with Crippen LogP contribution in [0.25, 0.3) is 0 Å². The third-order valence-electron chi connectivity index (χ3n) is 2.16. The number of pyridine rings is 1. The van der Waals surface area contributed by atoms with Crippen LogP contribution in [0.4, 0.5) is 17.2 Å². The summed E-state index contributed by atoms with van der Waals surface area (Å²) in [6.45, 7) is 0. The first kappa shape index (κ1) is 11.2. The molecule has 0 fully saturated rings. The lowest BCUT2D eigenvalue weighted by Crippen LogP contribution is -1.95. The van der Waals surface area contributed by atoms with Crippen LogP contribution in [-0.2, 0) is 0 Å². The molecule has 0 atom stereocenters. The highest BCUT2D eigenvalue weighted by molar-refractivity contribution is 6.33.